The number of nitrogens with zero attached hydrogens (tertiary/aromatic N) is 2. The fourth-order valence-electron chi connectivity index (χ4n) is 1.97. The summed E-state index contributed by atoms with van der Waals surface area (Å²) in [5.74, 6) is -0.124. The summed E-state index contributed by atoms with van der Waals surface area (Å²) in [5, 5.41) is 2.21. The van der Waals surface area contributed by atoms with E-state index in [1.54, 1.807) is 16.5 Å². The summed E-state index contributed by atoms with van der Waals surface area (Å²) < 4.78 is 10.9. The molecule has 7 heteroatoms. The molecule has 0 bridgehead atoms. The van der Waals surface area contributed by atoms with Crippen LogP contribution in [0.2, 0.25) is 0 Å². The van der Waals surface area contributed by atoms with Gasteiger partial charge >= 0.3 is 6.09 Å². The van der Waals surface area contributed by atoms with E-state index >= 15 is 0 Å². The molecule has 116 valence electrons. The molecule has 1 amide bonds. The summed E-state index contributed by atoms with van der Waals surface area (Å²) in [6.45, 7) is 6.55. The van der Waals surface area contributed by atoms with Gasteiger partial charge in [-0.1, -0.05) is 0 Å². The zero-order valence-corrected chi connectivity index (χ0v) is 13.3. The molecular weight excluding hydrogens is 292 g/mol. The normalized spacial score (nSPS) is 18.8. The Bertz CT molecular complexity index is 496. The molecular formula is C14H20N2O4S. The Morgan fingerprint density at radius 1 is 1.48 bits per heavy atom. The van der Waals surface area contributed by atoms with E-state index in [0.29, 0.717) is 24.5 Å². The molecule has 1 atom stereocenters. The van der Waals surface area contributed by atoms with Crippen LogP contribution < -0.4 is 0 Å². The number of carbonyl (C=O) groups is 2. The van der Waals surface area contributed by atoms with Gasteiger partial charge in [-0.3, -0.25) is 4.79 Å². The van der Waals surface area contributed by atoms with E-state index in [-0.39, 0.29) is 24.6 Å². The van der Waals surface area contributed by atoms with Crippen molar-refractivity contribution in [3.8, 4) is 0 Å². The van der Waals surface area contributed by atoms with Crippen molar-refractivity contribution in [1.82, 2.24) is 9.88 Å². The van der Waals surface area contributed by atoms with Gasteiger partial charge in [-0.15, -0.1) is 11.3 Å². The van der Waals surface area contributed by atoms with Crippen LogP contribution in [0.4, 0.5) is 4.79 Å². The van der Waals surface area contributed by atoms with Crippen molar-refractivity contribution < 1.29 is 19.1 Å². The van der Waals surface area contributed by atoms with Gasteiger partial charge in [0.05, 0.1) is 12.6 Å². The van der Waals surface area contributed by atoms with E-state index in [0.717, 1.165) is 0 Å². The standard InChI is InChI=1S/C14H20N2O4S/c1-14(2,3)20-13(18)16-6-4-10(8-16)19-9-11(17)12-15-5-7-21-12/h5,7,10H,4,6,8-9H2,1-3H3. The third-order valence-corrected chi connectivity index (χ3v) is 3.73. The first kappa shape index (κ1) is 15.9. The third kappa shape index (κ3) is 4.78. The summed E-state index contributed by atoms with van der Waals surface area (Å²) in [6.07, 6.45) is 1.85. The number of hydrogen-bond donors (Lipinski definition) is 0. The van der Waals surface area contributed by atoms with Crippen LogP contribution in [-0.2, 0) is 9.47 Å². The average molecular weight is 312 g/mol. The Morgan fingerprint density at radius 3 is 2.86 bits per heavy atom. The second kappa shape index (κ2) is 6.53. The van der Waals surface area contributed by atoms with E-state index in [1.165, 1.54) is 11.3 Å². The first-order valence-corrected chi connectivity index (χ1v) is 7.75. The quantitative estimate of drug-likeness (QED) is 0.798. The highest BCUT2D eigenvalue weighted by molar-refractivity contribution is 7.11. The summed E-state index contributed by atoms with van der Waals surface area (Å²) in [6, 6.07) is 0. The minimum Gasteiger partial charge on any atom is -0.444 e. The molecule has 1 unspecified atom stereocenters. The van der Waals surface area contributed by atoms with E-state index in [4.69, 9.17) is 9.47 Å². The van der Waals surface area contributed by atoms with Crippen molar-refractivity contribution in [1.29, 1.82) is 0 Å². The zero-order valence-electron chi connectivity index (χ0n) is 12.5. The van der Waals surface area contributed by atoms with Gasteiger partial charge in [0.25, 0.3) is 0 Å². The maximum absolute atomic E-state index is 11.9. The van der Waals surface area contributed by atoms with Crippen LogP contribution in [0.25, 0.3) is 0 Å². The molecule has 0 saturated carbocycles. The number of likely N-dealkylation sites (tertiary alicyclic amines) is 1. The molecule has 21 heavy (non-hydrogen) atoms. The molecule has 0 radical (unpaired) electrons. The van der Waals surface area contributed by atoms with Gasteiger partial charge in [-0.2, -0.15) is 0 Å². The number of aromatic nitrogens is 1. The maximum atomic E-state index is 11.9. The highest BCUT2D eigenvalue weighted by atomic mass is 32.1. The number of rotatable bonds is 4. The van der Waals surface area contributed by atoms with Gasteiger partial charge in [-0.05, 0) is 27.2 Å². The Morgan fingerprint density at radius 2 is 2.24 bits per heavy atom. The van der Waals surface area contributed by atoms with Crippen molar-refractivity contribution in [3.63, 3.8) is 0 Å². The van der Waals surface area contributed by atoms with Gasteiger partial charge in [-0.25, -0.2) is 9.78 Å². The first-order chi connectivity index (χ1) is 9.85. The lowest BCUT2D eigenvalue weighted by atomic mass is 10.2. The topological polar surface area (TPSA) is 68.7 Å². The number of hydrogen-bond acceptors (Lipinski definition) is 6. The van der Waals surface area contributed by atoms with Crippen LogP contribution in [0.5, 0.6) is 0 Å². The van der Waals surface area contributed by atoms with Crippen molar-refractivity contribution in [3.05, 3.63) is 16.6 Å². The minimum absolute atomic E-state index is 0.000336. The molecule has 1 fully saturated rings. The third-order valence-electron chi connectivity index (χ3n) is 2.92. The first-order valence-electron chi connectivity index (χ1n) is 6.87. The molecule has 2 rings (SSSR count). The Balaban J connectivity index is 1.75. The largest absolute Gasteiger partial charge is 0.444 e. The molecule has 0 N–H and O–H groups in total. The summed E-state index contributed by atoms with van der Waals surface area (Å²) in [5.41, 5.74) is -0.503. The van der Waals surface area contributed by atoms with E-state index in [1.807, 2.05) is 20.8 Å². The van der Waals surface area contributed by atoms with Crippen molar-refractivity contribution >= 4 is 23.2 Å². The molecule has 0 aromatic carbocycles. The molecule has 1 saturated heterocycles. The molecule has 1 aromatic rings. The van der Waals surface area contributed by atoms with Crippen LogP contribution in [0, 0.1) is 0 Å². The zero-order chi connectivity index (χ0) is 15.5. The van der Waals surface area contributed by atoms with Crippen LogP contribution in [0.15, 0.2) is 11.6 Å². The van der Waals surface area contributed by atoms with Gasteiger partial charge in [0.1, 0.15) is 12.2 Å². The molecule has 6 nitrogen and oxygen atoms in total. The smallest absolute Gasteiger partial charge is 0.410 e. The van der Waals surface area contributed by atoms with Crippen molar-refractivity contribution in [2.75, 3.05) is 19.7 Å². The second-order valence-electron chi connectivity index (χ2n) is 5.91. The molecule has 1 aromatic heterocycles. The highest BCUT2D eigenvalue weighted by Crippen LogP contribution is 2.17. The molecule has 0 aliphatic carbocycles. The Kier molecular flexibility index (Phi) is 4.95. The molecule has 1 aliphatic heterocycles. The van der Waals surface area contributed by atoms with E-state index in [9.17, 15) is 9.59 Å². The van der Waals surface area contributed by atoms with Crippen LogP contribution in [-0.4, -0.2) is 53.2 Å². The number of ether oxygens (including phenoxy) is 2. The molecule has 0 spiro atoms. The van der Waals surface area contributed by atoms with Crippen LogP contribution in [0.3, 0.4) is 0 Å². The van der Waals surface area contributed by atoms with Crippen LogP contribution >= 0.6 is 11.3 Å². The fourth-order valence-corrected chi connectivity index (χ4v) is 2.54. The predicted molar refractivity (Wildman–Crippen MR) is 78.6 cm³/mol. The number of Topliss-reactive ketones (excluding diaryl/α,β-unsaturated/α-hetero) is 1. The maximum Gasteiger partial charge on any atom is 0.410 e. The second-order valence-corrected chi connectivity index (χ2v) is 6.80. The SMILES string of the molecule is CC(C)(C)OC(=O)N1CCC(OCC(=O)c2nccs2)C1. The van der Waals surface area contributed by atoms with Crippen LogP contribution in [0.1, 0.15) is 37.0 Å². The lowest BCUT2D eigenvalue weighted by Crippen LogP contribution is -2.36. The van der Waals surface area contributed by atoms with Crippen molar-refractivity contribution in [2.45, 2.75) is 38.9 Å². The van der Waals surface area contributed by atoms with Crippen molar-refractivity contribution in [2.24, 2.45) is 0 Å². The number of thiazole rings is 1. The van der Waals surface area contributed by atoms with E-state index < -0.39 is 5.60 Å². The average Bonchev–Trinajstić information content (AvgIpc) is 3.05. The van der Waals surface area contributed by atoms with E-state index in [2.05, 4.69) is 4.98 Å². The Hall–Kier alpha value is -1.47. The number of ketones is 1. The lowest BCUT2D eigenvalue weighted by molar-refractivity contribution is 0.0217. The Labute approximate surface area is 128 Å². The van der Waals surface area contributed by atoms with Gasteiger partial charge in [0.2, 0.25) is 5.78 Å². The summed E-state index contributed by atoms with van der Waals surface area (Å²) >= 11 is 1.30. The monoisotopic (exact) mass is 312 g/mol. The molecule has 1 aliphatic rings. The van der Waals surface area contributed by atoms with Gasteiger partial charge in [0.15, 0.2) is 5.01 Å². The predicted octanol–water partition coefficient (Wildman–Crippen LogP) is 2.35. The summed E-state index contributed by atoms with van der Waals surface area (Å²) in [4.78, 5) is 29.3. The summed E-state index contributed by atoms with van der Waals surface area (Å²) in [7, 11) is 0. The molecule has 2 heterocycles. The highest BCUT2D eigenvalue weighted by Gasteiger charge is 2.30. The van der Waals surface area contributed by atoms with Gasteiger partial charge in [0, 0.05) is 18.1 Å². The number of carbonyl (C=O) groups excluding carboxylic acids is 2. The van der Waals surface area contributed by atoms with Gasteiger partial charge < -0.3 is 14.4 Å². The minimum atomic E-state index is -0.503. The lowest BCUT2D eigenvalue weighted by Gasteiger charge is -2.24. The number of amides is 1. The fraction of sp³-hybridized carbons (Fsp3) is 0.643.